The average molecular weight is 339 g/mol. The van der Waals surface area contributed by atoms with Crippen molar-refractivity contribution < 1.29 is 14.3 Å². The van der Waals surface area contributed by atoms with Gasteiger partial charge in [0.05, 0.1) is 5.56 Å². The molecule has 0 spiro atoms. The fraction of sp³-hybridized carbons (Fsp3) is 0.0714. The Morgan fingerprint density at radius 2 is 1.95 bits per heavy atom. The van der Waals surface area contributed by atoms with Crippen molar-refractivity contribution in [2.45, 2.75) is 6.92 Å². The molecular formula is C14H12BrFN2O2. The monoisotopic (exact) mass is 338 g/mol. The van der Waals surface area contributed by atoms with Gasteiger partial charge < -0.3 is 15.7 Å². The molecule has 0 aliphatic rings. The van der Waals surface area contributed by atoms with E-state index < -0.39 is 5.82 Å². The van der Waals surface area contributed by atoms with Crippen molar-refractivity contribution in [2.24, 2.45) is 10.9 Å². The second-order valence-corrected chi connectivity index (χ2v) is 5.08. The van der Waals surface area contributed by atoms with Crippen LogP contribution in [0, 0.1) is 12.7 Å². The number of nitrogens with two attached hydrogens (primary N) is 1. The Morgan fingerprint density at radius 1 is 1.25 bits per heavy atom. The lowest BCUT2D eigenvalue weighted by Gasteiger charge is -2.11. The highest BCUT2D eigenvalue weighted by Gasteiger charge is 2.12. The van der Waals surface area contributed by atoms with Crippen molar-refractivity contribution in [3.63, 3.8) is 0 Å². The molecule has 2 aromatic rings. The number of aryl methyl sites for hydroxylation is 1. The minimum atomic E-state index is -0.509. The highest BCUT2D eigenvalue weighted by molar-refractivity contribution is 9.10. The summed E-state index contributed by atoms with van der Waals surface area (Å²) in [6.07, 6.45) is 0. The van der Waals surface area contributed by atoms with Crippen LogP contribution in [-0.2, 0) is 0 Å². The second-order valence-electron chi connectivity index (χ2n) is 4.16. The predicted molar refractivity (Wildman–Crippen MR) is 77.9 cm³/mol. The van der Waals surface area contributed by atoms with Gasteiger partial charge in [-0.15, -0.1) is 0 Å². The van der Waals surface area contributed by atoms with Gasteiger partial charge in [-0.3, -0.25) is 0 Å². The first-order valence-electron chi connectivity index (χ1n) is 5.72. The maximum absolute atomic E-state index is 13.8. The SMILES string of the molecule is Cc1ccc(Oc2ccc(Br)cc2F)c(/C(N)=N/O)c1. The molecule has 0 atom stereocenters. The molecule has 0 aliphatic heterocycles. The zero-order chi connectivity index (χ0) is 14.7. The van der Waals surface area contributed by atoms with Crippen LogP contribution < -0.4 is 10.5 Å². The van der Waals surface area contributed by atoms with E-state index in [1.54, 1.807) is 24.3 Å². The molecule has 0 aliphatic carbocycles. The number of nitrogens with zero attached hydrogens (tertiary/aromatic N) is 1. The maximum Gasteiger partial charge on any atom is 0.173 e. The molecule has 0 amide bonds. The molecular weight excluding hydrogens is 327 g/mol. The molecule has 2 rings (SSSR count). The Bertz CT molecular complexity index is 674. The normalized spacial score (nSPS) is 11.4. The van der Waals surface area contributed by atoms with Crippen LogP contribution in [-0.4, -0.2) is 11.0 Å². The van der Waals surface area contributed by atoms with Gasteiger partial charge in [-0.1, -0.05) is 32.7 Å². The number of oxime groups is 1. The Kier molecular flexibility index (Phi) is 4.24. The first-order valence-corrected chi connectivity index (χ1v) is 6.52. The van der Waals surface area contributed by atoms with Crippen LogP contribution in [0.15, 0.2) is 46.0 Å². The first-order chi connectivity index (χ1) is 9.51. The van der Waals surface area contributed by atoms with Crippen molar-refractivity contribution in [2.75, 3.05) is 0 Å². The highest BCUT2D eigenvalue weighted by Crippen LogP contribution is 2.29. The summed E-state index contributed by atoms with van der Waals surface area (Å²) in [5.41, 5.74) is 6.91. The second kappa shape index (κ2) is 5.92. The van der Waals surface area contributed by atoms with E-state index in [-0.39, 0.29) is 11.6 Å². The third-order valence-corrected chi connectivity index (χ3v) is 3.13. The van der Waals surface area contributed by atoms with E-state index in [4.69, 9.17) is 15.7 Å². The Hall–Kier alpha value is -2.08. The lowest BCUT2D eigenvalue weighted by Crippen LogP contribution is -2.14. The van der Waals surface area contributed by atoms with Gasteiger partial charge in [-0.2, -0.15) is 0 Å². The summed E-state index contributed by atoms with van der Waals surface area (Å²) < 4.78 is 19.9. The number of hydrogen-bond acceptors (Lipinski definition) is 3. The van der Waals surface area contributed by atoms with Crippen molar-refractivity contribution in [1.29, 1.82) is 0 Å². The molecule has 0 aromatic heterocycles. The summed E-state index contributed by atoms with van der Waals surface area (Å²) in [5.74, 6) is -0.234. The summed E-state index contributed by atoms with van der Waals surface area (Å²) in [7, 11) is 0. The number of halogens is 2. The van der Waals surface area contributed by atoms with Crippen LogP contribution in [0.5, 0.6) is 11.5 Å². The van der Waals surface area contributed by atoms with E-state index >= 15 is 0 Å². The highest BCUT2D eigenvalue weighted by atomic mass is 79.9. The van der Waals surface area contributed by atoms with Crippen molar-refractivity contribution in [1.82, 2.24) is 0 Å². The minimum absolute atomic E-state index is 0.0593. The van der Waals surface area contributed by atoms with Crippen molar-refractivity contribution >= 4 is 21.8 Å². The summed E-state index contributed by atoms with van der Waals surface area (Å²) in [4.78, 5) is 0. The topological polar surface area (TPSA) is 67.8 Å². The van der Waals surface area contributed by atoms with E-state index in [1.807, 2.05) is 6.92 Å². The van der Waals surface area contributed by atoms with Crippen molar-refractivity contribution in [3.05, 3.63) is 57.8 Å². The van der Waals surface area contributed by atoms with Crippen LogP contribution in [0.4, 0.5) is 4.39 Å². The number of ether oxygens (including phenoxy) is 1. The first kappa shape index (κ1) is 14.3. The Morgan fingerprint density at radius 3 is 2.60 bits per heavy atom. The molecule has 0 saturated carbocycles. The van der Waals surface area contributed by atoms with E-state index in [9.17, 15) is 4.39 Å². The molecule has 4 nitrogen and oxygen atoms in total. The fourth-order valence-electron chi connectivity index (χ4n) is 1.66. The molecule has 0 radical (unpaired) electrons. The lowest BCUT2D eigenvalue weighted by molar-refractivity contribution is 0.318. The van der Waals surface area contributed by atoms with E-state index in [0.717, 1.165) is 5.56 Å². The standard InChI is InChI=1S/C14H12BrFN2O2/c1-8-2-4-12(10(6-8)14(17)18-19)20-13-5-3-9(15)7-11(13)16/h2-7,19H,1H3,(H2,17,18). The van der Waals surface area contributed by atoms with Gasteiger partial charge in [0.15, 0.2) is 17.4 Å². The fourth-order valence-corrected chi connectivity index (χ4v) is 2.00. The molecule has 0 fully saturated rings. The Balaban J connectivity index is 2.43. The summed E-state index contributed by atoms with van der Waals surface area (Å²) in [5, 5.41) is 11.7. The largest absolute Gasteiger partial charge is 0.454 e. The molecule has 104 valence electrons. The van der Waals surface area contributed by atoms with Crippen LogP contribution in [0.25, 0.3) is 0 Å². The minimum Gasteiger partial charge on any atom is -0.454 e. The molecule has 0 saturated heterocycles. The number of rotatable bonds is 3. The smallest absolute Gasteiger partial charge is 0.173 e. The molecule has 0 unspecified atom stereocenters. The van der Waals surface area contributed by atoms with Gasteiger partial charge in [0.2, 0.25) is 0 Å². The summed E-state index contributed by atoms with van der Waals surface area (Å²) >= 11 is 3.17. The molecule has 2 aromatic carbocycles. The van der Waals surface area contributed by atoms with Crippen LogP contribution >= 0.6 is 15.9 Å². The van der Waals surface area contributed by atoms with Gasteiger partial charge in [0.25, 0.3) is 0 Å². The molecule has 20 heavy (non-hydrogen) atoms. The Labute approximate surface area is 123 Å². The van der Waals surface area contributed by atoms with Gasteiger partial charge in [-0.25, -0.2) is 4.39 Å². The zero-order valence-corrected chi connectivity index (χ0v) is 12.2. The third kappa shape index (κ3) is 3.08. The average Bonchev–Trinajstić information content (AvgIpc) is 2.42. The van der Waals surface area contributed by atoms with Crippen LogP contribution in [0.1, 0.15) is 11.1 Å². The van der Waals surface area contributed by atoms with Gasteiger partial charge in [-0.05, 0) is 37.3 Å². The molecule has 6 heteroatoms. The number of amidine groups is 1. The lowest BCUT2D eigenvalue weighted by atomic mass is 10.1. The van der Waals surface area contributed by atoms with Crippen LogP contribution in [0.2, 0.25) is 0 Å². The zero-order valence-electron chi connectivity index (χ0n) is 10.6. The quantitative estimate of drug-likeness (QED) is 0.387. The summed E-state index contributed by atoms with van der Waals surface area (Å²) in [6, 6.07) is 9.59. The van der Waals surface area contributed by atoms with Crippen LogP contribution in [0.3, 0.4) is 0 Å². The van der Waals surface area contributed by atoms with Gasteiger partial charge >= 0.3 is 0 Å². The van der Waals surface area contributed by atoms with E-state index in [0.29, 0.717) is 15.8 Å². The van der Waals surface area contributed by atoms with E-state index in [1.165, 1.54) is 12.1 Å². The van der Waals surface area contributed by atoms with E-state index in [2.05, 4.69) is 21.1 Å². The summed E-state index contributed by atoms with van der Waals surface area (Å²) in [6.45, 7) is 1.86. The van der Waals surface area contributed by atoms with Gasteiger partial charge in [0.1, 0.15) is 5.75 Å². The third-order valence-electron chi connectivity index (χ3n) is 2.63. The van der Waals surface area contributed by atoms with Gasteiger partial charge in [0, 0.05) is 4.47 Å². The molecule has 3 N–H and O–H groups in total. The number of hydrogen-bond donors (Lipinski definition) is 2. The molecule has 0 bridgehead atoms. The number of benzene rings is 2. The molecule has 0 heterocycles. The predicted octanol–water partition coefficient (Wildman–Crippen LogP) is 3.78. The maximum atomic E-state index is 13.8. The van der Waals surface area contributed by atoms with Crippen molar-refractivity contribution in [3.8, 4) is 11.5 Å².